The van der Waals surface area contributed by atoms with Crippen LogP contribution >= 0.6 is 27.3 Å². The second kappa shape index (κ2) is 5.61. The summed E-state index contributed by atoms with van der Waals surface area (Å²) in [6.07, 6.45) is 1.77. The van der Waals surface area contributed by atoms with Crippen molar-refractivity contribution in [2.45, 2.75) is 19.8 Å². The van der Waals surface area contributed by atoms with Crippen LogP contribution < -0.4 is 15.2 Å². The molecular weight excluding hydrogens is 340 g/mol. The highest BCUT2D eigenvalue weighted by Gasteiger charge is 2.18. The number of ether oxygens (including phenoxy) is 2. The molecule has 0 saturated heterocycles. The number of anilines is 1. The van der Waals surface area contributed by atoms with Gasteiger partial charge in [-0.25, -0.2) is 4.98 Å². The van der Waals surface area contributed by atoms with E-state index in [1.54, 1.807) is 0 Å². The molecule has 1 aromatic carbocycles. The van der Waals surface area contributed by atoms with E-state index in [1.165, 1.54) is 11.3 Å². The standard InChI is InChI=1S/C14H15BrN2O2S/c1-2-11-17-12(14(16)20-11)8-6-9(15)13-10(7-8)18-4-3-5-19-13/h6-7H,2-5,16H2,1H3. The van der Waals surface area contributed by atoms with Gasteiger partial charge in [-0.05, 0) is 34.5 Å². The second-order valence-corrected chi connectivity index (χ2v) is 6.48. The lowest BCUT2D eigenvalue weighted by Gasteiger charge is -2.11. The molecule has 1 aliphatic rings. The Labute approximate surface area is 130 Å². The van der Waals surface area contributed by atoms with E-state index in [2.05, 4.69) is 27.8 Å². The fraction of sp³-hybridized carbons (Fsp3) is 0.357. The molecule has 0 saturated carbocycles. The van der Waals surface area contributed by atoms with Crippen LogP contribution in [-0.2, 0) is 6.42 Å². The van der Waals surface area contributed by atoms with Crippen LogP contribution in [0.1, 0.15) is 18.4 Å². The fourth-order valence-electron chi connectivity index (χ4n) is 2.10. The zero-order chi connectivity index (χ0) is 14.1. The van der Waals surface area contributed by atoms with Crippen molar-refractivity contribution in [2.75, 3.05) is 18.9 Å². The summed E-state index contributed by atoms with van der Waals surface area (Å²) in [5, 5.41) is 1.78. The maximum atomic E-state index is 6.07. The summed E-state index contributed by atoms with van der Waals surface area (Å²) in [4.78, 5) is 4.59. The summed E-state index contributed by atoms with van der Waals surface area (Å²) in [6, 6.07) is 3.94. The topological polar surface area (TPSA) is 57.4 Å². The van der Waals surface area contributed by atoms with Gasteiger partial charge in [0.25, 0.3) is 0 Å². The van der Waals surface area contributed by atoms with Crippen molar-refractivity contribution in [3.05, 3.63) is 21.6 Å². The van der Waals surface area contributed by atoms with Crippen molar-refractivity contribution in [1.29, 1.82) is 0 Å². The summed E-state index contributed by atoms with van der Waals surface area (Å²) in [5.41, 5.74) is 7.85. The lowest BCUT2D eigenvalue weighted by molar-refractivity contribution is 0.296. The quantitative estimate of drug-likeness (QED) is 0.888. The number of hydrogen-bond donors (Lipinski definition) is 1. The molecular formula is C14H15BrN2O2S. The molecule has 20 heavy (non-hydrogen) atoms. The number of thiazole rings is 1. The maximum Gasteiger partial charge on any atom is 0.175 e. The third kappa shape index (κ3) is 2.50. The highest BCUT2D eigenvalue weighted by Crippen LogP contribution is 2.42. The zero-order valence-electron chi connectivity index (χ0n) is 11.1. The third-order valence-electron chi connectivity index (χ3n) is 3.08. The molecule has 0 aliphatic carbocycles. The van der Waals surface area contributed by atoms with E-state index in [0.717, 1.165) is 50.1 Å². The molecule has 3 rings (SSSR count). The number of fused-ring (bicyclic) bond motifs is 1. The van der Waals surface area contributed by atoms with Gasteiger partial charge in [-0.3, -0.25) is 0 Å². The number of hydrogen-bond acceptors (Lipinski definition) is 5. The van der Waals surface area contributed by atoms with Crippen LogP contribution in [0, 0.1) is 0 Å². The second-order valence-electron chi connectivity index (χ2n) is 4.51. The van der Waals surface area contributed by atoms with Crippen LogP contribution in [0.5, 0.6) is 11.5 Å². The number of aromatic nitrogens is 1. The van der Waals surface area contributed by atoms with Crippen LogP contribution in [0.4, 0.5) is 5.00 Å². The van der Waals surface area contributed by atoms with Gasteiger partial charge in [0.05, 0.1) is 22.7 Å². The van der Waals surface area contributed by atoms with E-state index in [-0.39, 0.29) is 0 Å². The normalized spacial score (nSPS) is 14.1. The van der Waals surface area contributed by atoms with Gasteiger partial charge in [0.15, 0.2) is 11.5 Å². The van der Waals surface area contributed by atoms with Gasteiger partial charge < -0.3 is 15.2 Å². The summed E-state index contributed by atoms with van der Waals surface area (Å²) < 4.78 is 12.3. The Hall–Kier alpha value is -1.27. The van der Waals surface area contributed by atoms with Gasteiger partial charge in [0.2, 0.25) is 0 Å². The van der Waals surface area contributed by atoms with Crippen LogP contribution in [0.3, 0.4) is 0 Å². The monoisotopic (exact) mass is 354 g/mol. The predicted molar refractivity (Wildman–Crippen MR) is 84.6 cm³/mol. The first-order chi connectivity index (χ1) is 9.69. The Balaban J connectivity index is 2.08. The van der Waals surface area contributed by atoms with Crippen LogP contribution in [0.25, 0.3) is 11.3 Å². The molecule has 1 aromatic heterocycles. The molecule has 0 spiro atoms. The van der Waals surface area contributed by atoms with Gasteiger partial charge in [0.1, 0.15) is 10.7 Å². The summed E-state index contributed by atoms with van der Waals surface area (Å²) in [5.74, 6) is 1.51. The van der Waals surface area contributed by atoms with Crippen molar-refractivity contribution in [3.63, 3.8) is 0 Å². The molecule has 0 atom stereocenters. The van der Waals surface area contributed by atoms with Crippen LogP contribution in [-0.4, -0.2) is 18.2 Å². The molecule has 2 N–H and O–H groups in total. The van der Waals surface area contributed by atoms with Crippen molar-refractivity contribution in [1.82, 2.24) is 4.98 Å². The van der Waals surface area contributed by atoms with E-state index in [4.69, 9.17) is 15.2 Å². The molecule has 2 aromatic rings. The molecule has 4 nitrogen and oxygen atoms in total. The first-order valence-electron chi connectivity index (χ1n) is 6.53. The Morgan fingerprint density at radius 3 is 2.90 bits per heavy atom. The van der Waals surface area contributed by atoms with Gasteiger partial charge in [0, 0.05) is 12.0 Å². The first kappa shape index (κ1) is 13.7. The van der Waals surface area contributed by atoms with Gasteiger partial charge in [-0.2, -0.15) is 0 Å². The Kier molecular flexibility index (Phi) is 3.85. The summed E-state index contributed by atoms with van der Waals surface area (Å²) in [6.45, 7) is 3.41. The lowest BCUT2D eigenvalue weighted by atomic mass is 10.1. The van der Waals surface area contributed by atoms with E-state index in [1.807, 2.05) is 12.1 Å². The number of nitrogen functional groups attached to an aromatic ring is 1. The van der Waals surface area contributed by atoms with Crippen LogP contribution in [0.2, 0.25) is 0 Å². The highest BCUT2D eigenvalue weighted by molar-refractivity contribution is 9.10. The molecule has 0 radical (unpaired) electrons. The minimum Gasteiger partial charge on any atom is -0.489 e. The summed E-state index contributed by atoms with van der Waals surface area (Å²) in [7, 11) is 0. The smallest absolute Gasteiger partial charge is 0.175 e. The number of nitrogens with zero attached hydrogens (tertiary/aromatic N) is 1. The molecule has 0 amide bonds. The van der Waals surface area contributed by atoms with Crippen molar-refractivity contribution in [2.24, 2.45) is 0 Å². The van der Waals surface area contributed by atoms with E-state index in [0.29, 0.717) is 13.2 Å². The van der Waals surface area contributed by atoms with E-state index in [9.17, 15) is 0 Å². The number of nitrogens with two attached hydrogens (primary N) is 1. The Bertz CT molecular complexity index is 642. The molecule has 0 bridgehead atoms. The average Bonchev–Trinajstić information content (AvgIpc) is 2.66. The minimum atomic E-state index is 0.662. The number of aryl methyl sites for hydroxylation is 1. The average molecular weight is 355 g/mol. The van der Waals surface area contributed by atoms with E-state index >= 15 is 0 Å². The third-order valence-corrected chi connectivity index (χ3v) is 4.69. The Morgan fingerprint density at radius 2 is 2.15 bits per heavy atom. The first-order valence-corrected chi connectivity index (χ1v) is 8.14. The highest BCUT2D eigenvalue weighted by atomic mass is 79.9. The zero-order valence-corrected chi connectivity index (χ0v) is 13.5. The van der Waals surface area contributed by atoms with Gasteiger partial charge >= 0.3 is 0 Å². The largest absolute Gasteiger partial charge is 0.489 e. The van der Waals surface area contributed by atoms with Crippen LogP contribution in [0.15, 0.2) is 16.6 Å². The van der Waals surface area contributed by atoms with Crippen molar-refractivity contribution >= 4 is 32.3 Å². The van der Waals surface area contributed by atoms with Crippen molar-refractivity contribution in [3.8, 4) is 22.8 Å². The molecule has 0 fully saturated rings. The number of rotatable bonds is 2. The number of benzene rings is 1. The maximum absolute atomic E-state index is 6.07. The fourth-order valence-corrected chi connectivity index (χ4v) is 3.46. The molecule has 1 aliphatic heterocycles. The molecule has 2 heterocycles. The predicted octanol–water partition coefficient (Wildman–Crippen LogP) is 3.88. The molecule has 6 heteroatoms. The lowest BCUT2D eigenvalue weighted by Crippen LogP contribution is -1.97. The van der Waals surface area contributed by atoms with Gasteiger partial charge in [-0.1, -0.05) is 6.92 Å². The molecule has 0 unspecified atom stereocenters. The minimum absolute atomic E-state index is 0.662. The SMILES string of the molecule is CCc1nc(-c2cc(Br)c3c(c2)OCCCO3)c(N)s1. The molecule has 106 valence electrons. The van der Waals surface area contributed by atoms with E-state index < -0.39 is 0 Å². The van der Waals surface area contributed by atoms with Gasteiger partial charge in [-0.15, -0.1) is 11.3 Å². The number of halogens is 1. The van der Waals surface area contributed by atoms with Crippen molar-refractivity contribution < 1.29 is 9.47 Å². The Morgan fingerprint density at radius 1 is 1.35 bits per heavy atom. The summed E-state index contributed by atoms with van der Waals surface area (Å²) >= 11 is 5.08.